The van der Waals surface area contributed by atoms with Gasteiger partial charge < -0.3 is 19.5 Å². The molecule has 0 aliphatic carbocycles. The number of ether oxygens (including phenoxy) is 2. The van der Waals surface area contributed by atoms with Crippen LogP contribution in [0.5, 0.6) is 0 Å². The highest BCUT2D eigenvalue weighted by molar-refractivity contribution is 5.90. The van der Waals surface area contributed by atoms with E-state index in [2.05, 4.69) is 0 Å². The monoisotopic (exact) mass is 705 g/mol. The number of hydrogen-bond donors (Lipinski definition) is 1. The number of esters is 2. The molecule has 1 aliphatic rings. The van der Waals surface area contributed by atoms with Crippen LogP contribution in [-0.4, -0.2) is 58.0 Å². The Balaban J connectivity index is 1.18. The Labute approximate surface area is 302 Å². The average molecular weight is 706 g/mol. The molecule has 0 aromatic heterocycles. The molecule has 3 rings (SSSR count). The molecule has 1 heterocycles. The summed E-state index contributed by atoms with van der Waals surface area (Å²) in [5.41, 5.74) is 1.79. The number of aliphatic carboxylic acids is 1. The zero-order chi connectivity index (χ0) is 36.7. The molecular weight excluding hydrogens is 650 g/mol. The summed E-state index contributed by atoms with van der Waals surface area (Å²) in [6.07, 6.45) is 11.8. The van der Waals surface area contributed by atoms with Crippen molar-refractivity contribution >= 4 is 35.4 Å². The van der Waals surface area contributed by atoms with Gasteiger partial charge in [0, 0.05) is 45.1 Å². The Morgan fingerprint density at radius 2 is 1.08 bits per heavy atom. The van der Waals surface area contributed by atoms with Crippen LogP contribution in [0.15, 0.2) is 60.7 Å². The maximum Gasteiger partial charge on any atom is 0.329 e. The molecule has 2 atom stereocenters. The molecule has 0 bridgehead atoms. The quantitative estimate of drug-likeness (QED) is 0.0736. The van der Waals surface area contributed by atoms with Crippen LogP contribution in [0.1, 0.15) is 127 Å². The van der Waals surface area contributed by atoms with Gasteiger partial charge in [-0.15, -0.1) is 0 Å². The van der Waals surface area contributed by atoms with Crippen molar-refractivity contribution in [1.29, 1.82) is 0 Å². The number of unbranched alkanes of at least 4 members (excludes halogenated alkanes) is 8. The summed E-state index contributed by atoms with van der Waals surface area (Å²) in [4.78, 5) is 75.0. The van der Waals surface area contributed by atoms with Crippen LogP contribution in [0, 0.1) is 5.92 Å². The molecule has 1 amide bonds. The highest BCUT2D eigenvalue weighted by Crippen LogP contribution is 2.24. The Hall–Kier alpha value is -4.34. The highest BCUT2D eigenvalue weighted by Gasteiger charge is 2.41. The second-order valence-electron chi connectivity index (χ2n) is 13.5. The predicted molar refractivity (Wildman–Crippen MR) is 192 cm³/mol. The number of benzene rings is 2. The lowest BCUT2D eigenvalue weighted by Gasteiger charge is -2.26. The highest BCUT2D eigenvalue weighted by atomic mass is 16.5. The molecule has 2 aromatic carbocycles. The fourth-order valence-corrected chi connectivity index (χ4v) is 6.26. The molecule has 0 spiro atoms. The van der Waals surface area contributed by atoms with Crippen molar-refractivity contribution in [1.82, 2.24) is 4.90 Å². The smallest absolute Gasteiger partial charge is 0.329 e. The van der Waals surface area contributed by atoms with Gasteiger partial charge in [0.2, 0.25) is 5.91 Å². The minimum Gasteiger partial charge on any atom is -0.481 e. The van der Waals surface area contributed by atoms with Crippen LogP contribution in [0.4, 0.5) is 0 Å². The van der Waals surface area contributed by atoms with E-state index >= 15 is 0 Å². The zero-order valence-electron chi connectivity index (χ0n) is 29.9. The summed E-state index contributed by atoms with van der Waals surface area (Å²) in [5, 5.41) is 9.39. The molecule has 278 valence electrons. The summed E-state index contributed by atoms with van der Waals surface area (Å²) in [5.74, 6) is -2.57. The minimum absolute atomic E-state index is 0.0223. The summed E-state index contributed by atoms with van der Waals surface area (Å²) in [6.45, 7) is 0.335. The van der Waals surface area contributed by atoms with Crippen molar-refractivity contribution in [3.05, 3.63) is 71.8 Å². The Morgan fingerprint density at radius 3 is 1.59 bits per heavy atom. The van der Waals surface area contributed by atoms with E-state index in [9.17, 15) is 33.9 Å². The van der Waals surface area contributed by atoms with Crippen LogP contribution in [0.3, 0.4) is 0 Å². The second-order valence-corrected chi connectivity index (χ2v) is 13.5. The molecule has 0 saturated carbocycles. The molecule has 10 heteroatoms. The number of rotatable bonds is 27. The standard InChI is InChI=1S/C41H55NO9/c43-35(24-14-7-15-27-39(46)50-30-32-18-8-5-9-19-32)22-12-3-1-2-4-13-23-36(44)25-16-17-26-37(42-29-34(40(47)48)28-38(42)45)41(49)51-31-33-20-10-6-11-21-33/h5-6,8-11,18-21,34,37H,1-4,7,12-17,22-31H2,(H,47,48). The first-order valence-electron chi connectivity index (χ1n) is 18.7. The first-order chi connectivity index (χ1) is 24.7. The first-order valence-corrected chi connectivity index (χ1v) is 18.7. The lowest BCUT2D eigenvalue weighted by molar-refractivity contribution is -0.155. The van der Waals surface area contributed by atoms with E-state index in [0.717, 1.165) is 68.9 Å². The number of nitrogens with zero attached hydrogens (tertiary/aromatic N) is 1. The first kappa shape index (κ1) is 41.1. The van der Waals surface area contributed by atoms with E-state index in [1.165, 1.54) is 4.90 Å². The van der Waals surface area contributed by atoms with Gasteiger partial charge in [-0.1, -0.05) is 99.2 Å². The minimum atomic E-state index is -1.06. The van der Waals surface area contributed by atoms with Gasteiger partial charge in [-0.25, -0.2) is 4.79 Å². The third-order valence-corrected chi connectivity index (χ3v) is 9.30. The third-order valence-electron chi connectivity index (χ3n) is 9.30. The molecule has 1 fully saturated rings. The van der Waals surface area contributed by atoms with Crippen molar-refractivity contribution in [2.45, 2.75) is 135 Å². The van der Waals surface area contributed by atoms with E-state index in [1.807, 2.05) is 60.7 Å². The summed E-state index contributed by atoms with van der Waals surface area (Å²) >= 11 is 0. The van der Waals surface area contributed by atoms with Gasteiger partial charge in [0.1, 0.15) is 30.8 Å². The van der Waals surface area contributed by atoms with Crippen LogP contribution in [0.25, 0.3) is 0 Å². The number of carboxylic acid groups (broad SMARTS) is 1. The van der Waals surface area contributed by atoms with Crippen molar-refractivity contribution in [3.8, 4) is 0 Å². The largest absolute Gasteiger partial charge is 0.481 e. The van der Waals surface area contributed by atoms with Gasteiger partial charge in [-0.2, -0.15) is 0 Å². The third kappa shape index (κ3) is 16.9. The molecule has 2 unspecified atom stereocenters. The fourth-order valence-electron chi connectivity index (χ4n) is 6.26. The van der Waals surface area contributed by atoms with E-state index in [4.69, 9.17) is 9.47 Å². The lowest BCUT2D eigenvalue weighted by atomic mass is 10.0. The summed E-state index contributed by atoms with van der Waals surface area (Å²) in [6, 6.07) is 17.9. The van der Waals surface area contributed by atoms with Crippen molar-refractivity contribution < 1.29 is 43.3 Å². The molecule has 51 heavy (non-hydrogen) atoms. The summed E-state index contributed by atoms with van der Waals surface area (Å²) in [7, 11) is 0. The number of ketones is 2. The van der Waals surface area contributed by atoms with Crippen LogP contribution < -0.4 is 0 Å². The molecule has 1 aliphatic heterocycles. The van der Waals surface area contributed by atoms with Gasteiger partial charge in [-0.3, -0.25) is 24.0 Å². The van der Waals surface area contributed by atoms with Crippen LogP contribution >= 0.6 is 0 Å². The number of amides is 1. The van der Waals surface area contributed by atoms with Gasteiger partial charge in [0.15, 0.2) is 0 Å². The summed E-state index contributed by atoms with van der Waals surface area (Å²) < 4.78 is 10.8. The molecular formula is C41H55NO9. The number of Topliss-reactive ketones (excluding diaryl/α,β-unsaturated/α-hetero) is 2. The number of carbonyl (C=O) groups excluding carboxylic acids is 5. The van der Waals surface area contributed by atoms with E-state index in [0.29, 0.717) is 58.0 Å². The van der Waals surface area contributed by atoms with Crippen molar-refractivity contribution in [2.75, 3.05) is 6.54 Å². The van der Waals surface area contributed by atoms with Gasteiger partial charge >= 0.3 is 17.9 Å². The van der Waals surface area contributed by atoms with Gasteiger partial charge in [0.05, 0.1) is 5.92 Å². The average Bonchev–Trinajstić information content (AvgIpc) is 3.52. The fraction of sp³-hybridized carbons (Fsp3) is 0.561. The van der Waals surface area contributed by atoms with E-state index in [1.54, 1.807) is 0 Å². The predicted octanol–water partition coefficient (Wildman–Crippen LogP) is 7.54. The molecule has 1 N–H and O–H groups in total. The number of likely N-dealkylation sites (tertiary alicyclic amines) is 1. The Kier molecular flexibility index (Phi) is 19.3. The normalized spacial score (nSPS) is 14.6. The molecule has 10 nitrogen and oxygen atoms in total. The van der Waals surface area contributed by atoms with Gasteiger partial charge in [0.25, 0.3) is 0 Å². The topological polar surface area (TPSA) is 144 Å². The maximum absolute atomic E-state index is 13.0. The molecule has 2 aromatic rings. The number of carboxylic acids is 1. The Morgan fingerprint density at radius 1 is 0.627 bits per heavy atom. The number of hydrogen-bond acceptors (Lipinski definition) is 8. The van der Waals surface area contributed by atoms with Crippen molar-refractivity contribution in [3.63, 3.8) is 0 Å². The van der Waals surface area contributed by atoms with Crippen LogP contribution in [0.2, 0.25) is 0 Å². The van der Waals surface area contributed by atoms with Gasteiger partial charge in [-0.05, 0) is 49.7 Å². The molecule has 0 radical (unpaired) electrons. The maximum atomic E-state index is 13.0. The van der Waals surface area contributed by atoms with E-state index in [-0.39, 0.29) is 43.0 Å². The zero-order valence-corrected chi connectivity index (χ0v) is 29.9. The van der Waals surface area contributed by atoms with Crippen molar-refractivity contribution in [2.24, 2.45) is 5.92 Å². The number of carbonyl (C=O) groups is 6. The molecule has 1 saturated heterocycles. The van der Waals surface area contributed by atoms with Crippen LogP contribution in [-0.2, 0) is 51.5 Å². The second kappa shape index (κ2) is 24.0. The lowest BCUT2D eigenvalue weighted by Crippen LogP contribution is -2.43. The SMILES string of the molecule is O=C(CCCCCCCCC(=O)CCCCC(C(=O)OCc1ccccc1)N1CC(C(=O)O)CC1=O)CCCCCC(=O)OCc1ccccc1. The van der Waals surface area contributed by atoms with E-state index < -0.39 is 23.9 Å². The Bertz CT molecular complexity index is 1380.